The topological polar surface area (TPSA) is 115 Å². The Morgan fingerprint density at radius 3 is 1.40 bits per heavy atom. The van der Waals surface area contributed by atoms with Gasteiger partial charge in [-0.2, -0.15) is 0 Å². The van der Waals surface area contributed by atoms with Gasteiger partial charge in [-0.25, -0.2) is 4.57 Å². The Morgan fingerprint density at radius 2 is 1.40 bits per heavy atom. The van der Waals surface area contributed by atoms with Crippen LogP contribution in [-0.2, 0) is 9.36 Å². The van der Waals surface area contributed by atoms with Gasteiger partial charge in [0.2, 0.25) is 0 Å². The van der Waals surface area contributed by atoms with Gasteiger partial charge in [-0.05, 0) is 0 Å². The van der Waals surface area contributed by atoms with Gasteiger partial charge in [-0.3, -0.25) is 4.79 Å². The van der Waals surface area contributed by atoms with Gasteiger partial charge in [0.05, 0.1) is 0 Å². The molecule has 58 valence electrons. The normalized spacial score (nSPS) is 8.40. The molecule has 0 saturated heterocycles. The van der Waals surface area contributed by atoms with E-state index in [9.17, 15) is 0 Å². The summed E-state index contributed by atoms with van der Waals surface area (Å²) in [5.74, 6) is -0.833. The third kappa shape index (κ3) is 1470. The van der Waals surface area contributed by atoms with E-state index in [2.05, 4.69) is 0 Å². The molecule has 0 aliphatic carbocycles. The van der Waals surface area contributed by atoms with Gasteiger partial charge in [0.15, 0.2) is 0 Å². The molecule has 0 aliphatic rings. The standard InChI is InChI=1S/C2H4O2.Na.H3O4P.H/c1-2(3)4;;1-5(2,3)4;/h1H3,(H,3,4);;(H3,1,2,3,4);/q;+1;;-1. The minimum Gasteiger partial charge on any atom is -1.00 e. The fourth-order valence-electron chi connectivity index (χ4n) is 0. The summed E-state index contributed by atoms with van der Waals surface area (Å²) in [6.45, 7) is 1.08. The number of aliphatic carboxylic acids is 1. The third-order valence-corrected chi connectivity index (χ3v) is 0. The van der Waals surface area contributed by atoms with E-state index in [-0.39, 0.29) is 31.0 Å². The molecule has 0 bridgehead atoms. The molecular formula is C2H8NaO6P. The summed E-state index contributed by atoms with van der Waals surface area (Å²) in [7, 11) is -4.64. The molecule has 0 rings (SSSR count). The van der Waals surface area contributed by atoms with E-state index < -0.39 is 13.8 Å². The maximum atomic E-state index is 9.00. The Kier molecular flexibility index (Phi) is 13.0. The van der Waals surface area contributed by atoms with Crippen LogP contribution >= 0.6 is 7.82 Å². The number of hydrogen-bond acceptors (Lipinski definition) is 2. The molecule has 0 atom stereocenters. The van der Waals surface area contributed by atoms with Gasteiger partial charge < -0.3 is 21.2 Å². The van der Waals surface area contributed by atoms with E-state index in [0.29, 0.717) is 0 Å². The second-order valence-corrected chi connectivity index (χ2v) is 2.06. The number of phosphoric acid groups is 1. The van der Waals surface area contributed by atoms with Crippen molar-refractivity contribution in [2.75, 3.05) is 0 Å². The van der Waals surface area contributed by atoms with E-state index in [1.54, 1.807) is 0 Å². The molecule has 10 heavy (non-hydrogen) atoms. The first kappa shape index (κ1) is 16.9. The minimum absolute atomic E-state index is 0. The Labute approximate surface area is 80.9 Å². The van der Waals surface area contributed by atoms with Crippen molar-refractivity contribution in [2.24, 2.45) is 0 Å². The molecule has 0 aromatic carbocycles. The summed E-state index contributed by atoms with van der Waals surface area (Å²) in [6.07, 6.45) is 0. The van der Waals surface area contributed by atoms with E-state index >= 15 is 0 Å². The van der Waals surface area contributed by atoms with Crippen molar-refractivity contribution in [3.05, 3.63) is 0 Å². The average molecular weight is 182 g/mol. The number of carboxylic acid groups (broad SMARTS) is 1. The summed E-state index contributed by atoms with van der Waals surface area (Å²) in [5, 5.41) is 7.42. The van der Waals surface area contributed by atoms with Gasteiger partial charge >= 0.3 is 37.4 Å². The molecule has 4 N–H and O–H groups in total. The number of carboxylic acids is 1. The van der Waals surface area contributed by atoms with Crippen molar-refractivity contribution in [3.8, 4) is 0 Å². The summed E-state index contributed by atoms with van der Waals surface area (Å²) in [6, 6.07) is 0. The van der Waals surface area contributed by atoms with E-state index in [4.69, 9.17) is 29.1 Å². The molecule has 8 heteroatoms. The van der Waals surface area contributed by atoms with Crippen molar-refractivity contribution in [1.29, 1.82) is 0 Å². The Hall–Kier alpha value is 0.580. The number of hydrogen-bond donors (Lipinski definition) is 4. The molecule has 0 saturated carbocycles. The second kappa shape index (κ2) is 7.68. The summed E-state index contributed by atoms with van der Waals surface area (Å²) < 4.78 is 8.88. The van der Waals surface area contributed by atoms with Gasteiger partial charge in [-0.1, -0.05) is 0 Å². The van der Waals surface area contributed by atoms with Crippen LogP contribution in [0.15, 0.2) is 0 Å². The van der Waals surface area contributed by atoms with Gasteiger partial charge in [0, 0.05) is 6.92 Å². The van der Waals surface area contributed by atoms with Crippen LogP contribution in [0.25, 0.3) is 0 Å². The van der Waals surface area contributed by atoms with Crippen molar-refractivity contribution in [1.82, 2.24) is 0 Å². The molecule has 0 aliphatic heterocycles. The Morgan fingerprint density at radius 1 is 1.40 bits per heavy atom. The second-order valence-electron chi connectivity index (χ2n) is 1.03. The predicted octanol–water partition coefficient (Wildman–Crippen LogP) is -3.72. The van der Waals surface area contributed by atoms with Crippen molar-refractivity contribution < 1.29 is 60.1 Å². The maximum Gasteiger partial charge on any atom is 1.00 e. The fraction of sp³-hybridized carbons (Fsp3) is 0.500. The molecule has 0 amide bonds. The molecular weight excluding hydrogens is 174 g/mol. The molecule has 0 aromatic rings. The molecule has 6 nitrogen and oxygen atoms in total. The molecule has 0 spiro atoms. The van der Waals surface area contributed by atoms with Crippen LogP contribution in [-0.4, -0.2) is 25.8 Å². The first-order chi connectivity index (χ1) is 3.73. The van der Waals surface area contributed by atoms with Crippen LogP contribution in [0.2, 0.25) is 0 Å². The fourth-order valence-corrected chi connectivity index (χ4v) is 0. The summed E-state index contributed by atoms with van der Waals surface area (Å²) in [4.78, 5) is 30.6. The minimum atomic E-state index is -4.64. The van der Waals surface area contributed by atoms with Crippen LogP contribution in [0, 0.1) is 0 Å². The van der Waals surface area contributed by atoms with Crippen LogP contribution in [0.1, 0.15) is 8.35 Å². The zero-order valence-corrected chi connectivity index (χ0v) is 8.45. The number of rotatable bonds is 0. The van der Waals surface area contributed by atoms with E-state index in [0.717, 1.165) is 6.92 Å². The SMILES string of the molecule is CC(=O)O.O=P(O)(O)O.[H-].[Na+]. The molecule has 0 heterocycles. The average Bonchev–Trinajstić information content (AvgIpc) is 1.19. The molecule has 0 aromatic heterocycles. The zero-order chi connectivity index (χ0) is 8.08. The smallest absolute Gasteiger partial charge is 1.00 e. The Balaban J connectivity index is -0.0000000383. The Bertz CT molecular complexity index is 120. The van der Waals surface area contributed by atoms with Crippen LogP contribution in [0.4, 0.5) is 0 Å². The number of carbonyl (C=O) groups is 1. The van der Waals surface area contributed by atoms with E-state index in [1.807, 2.05) is 0 Å². The molecule has 0 radical (unpaired) electrons. The largest absolute Gasteiger partial charge is 1.00 e. The van der Waals surface area contributed by atoms with Crippen molar-refractivity contribution >= 4 is 13.8 Å². The first-order valence-corrected chi connectivity index (χ1v) is 3.28. The van der Waals surface area contributed by atoms with Crippen LogP contribution < -0.4 is 29.6 Å². The molecule has 0 fully saturated rings. The third-order valence-electron chi connectivity index (χ3n) is 0. The van der Waals surface area contributed by atoms with E-state index in [1.165, 1.54) is 0 Å². The van der Waals surface area contributed by atoms with Crippen LogP contribution in [0.3, 0.4) is 0 Å². The van der Waals surface area contributed by atoms with Crippen LogP contribution in [0.5, 0.6) is 0 Å². The zero-order valence-electron chi connectivity index (χ0n) is 6.55. The summed E-state index contributed by atoms with van der Waals surface area (Å²) >= 11 is 0. The van der Waals surface area contributed by atoms with Gasteiger partial charge in [-0.15, -0.1) is 0 Å². The quantitative estimate of drug-likeness (QED) is 0.226. The monoisotopic (exact) mass is 182 g/mol. The first-order valence-electron chi connectivity index (χ1n) is 1.71. The van der Waals surface area contributed by atoms with Gasteiger partial charge in [0.25, 0.3) is 5.97 Å². The van der Waals surface area contributed by atoms with Crippen molar-refractivity contribution in [2.45, 2.75) is 6.92 Å². The summed E-state index contributed by atoms with van der Waals surface area (Å²) in [5.41, 5.74) is 0. The predicted molar refractivity (Wildman–Crippen MR) is 28.7 cm³/mol. The maximum absolute atomic E-state index is 9.00. The van der Waals surface area contributed by atoms with Gasteiger partial charge in [0.1, 0.15) is 0 Å². The van der Waals surface area contributed by atoms with Crippen molar-refractivity contribution in [3.63, 3.8) is 0 Å². The molecule has 0 unspecified atom stereocenters.